The molecular formula is C3H9O5Si. The SMILES string of the molecule is C=CC[O].O[Si](O)(O)O. The Balaban J connectivity index is 0. The van der Waals surface area contributed by atoms with Gasteiger partial charge in [-0.15, -0.1) is 6.58 Å². The molecule has 9 heavy (non-hydrogen) atoms. The minimum atomic E-state index is -4.61. The van der Waals surface area contributed by atoms with Crippen molar-refractivity contribution in [2.45, 2.75) is 0 Å². The van der Waals surface area contributed by atoms with E-state index in [-0.39, 0.29) is 6.61 Å². The Morgan fingerprint density at radius 3 is 1.44 bits per heavy atom. The lowest BCUT2D eigenvalue weighted by Crippen LogP contribution is -2.33. The highest BCUT2D eigenvalue weighted by atomic mass is 28.4. The molecule has 0 atom stereocenters. The first kappa shape index (κ1) is 11.5. The van der Waals surface area contributed by atoms with Gasteiger partial charge >= 0.3 is 9.05 Å². The molecule has 0 fully saturated rings. The zero-order chi connectivity index (χ0) is 7.91. The summed E-state index contributed by atoms with van der Waals surface area (Å²) in [6.07, 6.45) is 1.32. The molecule has 55 valence electrons. The normalized spacial score (nSPS) is 9.44. The lowest BCUT2D eigenvalue weighted by atomic mass is 10.7. The molecule has 0 saturated heterocycles. The lowest BCUT2D eigenvalue weighted by Gasteiger charge is -1.91. The number of rotatable bonds is 1. The molecule has 0 aromatic rings. The van der Waals surface area contributed by atoms with Gasteiger partial charge in [0.05, 0.1) is 0 Å². The van der Waals surface area contributed by atoms with Crippen LogP contribution in [0.3, 0.4) is 0 Å². The van der Waals surface area contributed by atoms with E-state index >= 15 is 0 Å². The fourth-order valence-electron chi connectivity index (χ4n) is 0. The second kappa shape index (κ2) is 5.89. The van der Waals surface area contributed by atoms with E-state index in [1.54, 1.807) is 0 Å². The molecule has 0 aromatic heterocycles. The van der Waals surface area contributed by atoms with Crippen LogP contribution in [-0.2, 0) is 5.11 Å². The van der Waals surface area contributed by atoms with E-state index in [1.165, 1.54) is 6.08 Å². The van der Waals surface area contributed by atoms with E-state index in [0.29, 0.717) is 0 Å². The predicted octanol–water partition coefficient (Wildman–Crippen LogP) is -2.01. The van der Waals surface area contributed by atoms with E-state index in [2.05, 4.69) is 6.58 Å². The largest absolute Gasteiger partial charge is 0.668 e. The average molecular weight is 153 g/mol. The summed E-state index contributed by atoms with van der Waals surface area (Å²) in [7, 11) is -4.61. The maximum Gasteiger partial charge on any atom is 0.668 e. The molecule has 0 aliphatic carbocycles. The van der Waals surface area contributed by atoms with Crippen LogP contribution in [0.2, 0.25) is 0 Å². The Hall–Kier alpha value is -0.243. The molecule has 0 amide bonds. The van der Waals surface area contributed by atoms with Crippen LogP contribution in [0.15, 0.2) is 12.7 Å². The summed E-state index contributed by atoms with van der Waals surface area (Å²) in [6, 6.07) is 0. The predicted molar refractivity (Wildman–Crippen MR) is 30.4 cm³/mol. The molecule has 0 aliphatic heterocycles. The lowest BCUT2D eigenvalue weighted by molar-refractivity contribution is 0.117. The molecule has 0 heterocycles. The van der Waals surface area contributed by atoms with Gasteiger partial charge in [0.1, 0.15) is 6.61 Å². The monoisotopic (exact) mass is 153 g/mol. The topological polar surface area (TPSA) is 101 Å². The van der Waals surface area contributed by atoms with Gasteiger partial charge in [-0.25, -0.2) is 5.11 Å². The van der Waals surface area contributed by atoms with Crippen molar-refractivity contribution in [3.05, 3.63) is 12.7 Å². The fourth-order valence-corrected chi connectivity index (χ4v) is 0. The molecule has 0 aliphatic rings. The Kier molecular flexibility index (Phi) is 7.55. The fraction of sp³-hybridized carbons (Fsp3) is 0.333. The van der Waals surface area contributed by atoms with Crippen molar-refractivity contribution in [1.29, 1.82) is 0 Å². The summed E-state index contributed by atoms with van der Waals surface area (Å²) in [6.45, 7) is 3.00. The first-order chi connectivity index (χ1) is 3.91. The molecule has 6 heteroatoms. The van der Waals surface area contributed by atoms with Gasteiger partial charge in [-0.05, 0) is 0 Å². The molecule has 0 saturated carbocycles. The van der Waals surface area contributed by atoms with Crippen LogP contribution in [0.5, 0.6) is 0 Å². The summed E-state index contributed by atoms with van der Waals surface area (Å²) >= 11 is 0. The maximum absolute atomic E-state index is 9.18. The Morgan fingerprint density at radius 1 is 1.33 bits per heavy atom. The van der Waals surface area contributed by atoms with E-state index in [4.69, 9.17) is 19.2 Å². The van der Waals surface area contributed by atoms with Gasteiger partial charge in [0.15, 0.2) is 0 Å². The smallest absolute Gasteiger partial charge is 0.368 e. The summed E-state index contributed by atoms with van der Waals surface area (Å²) in [5.74, 6) is 0. The van der Waals surface area contributed by atoms with Crippen LogP contribution in [0.1, 0.15) is 0 Å². The van der Waals surface area contributed by atoms with Gasteiger partial charge in [0.25, 0.3) is 0 Å². The third-order valence-corrected chi connectivity index (χ3v) is 0.118. The van der Waals surface area contributed by atoms with Crippen molar-refractivity contribution in [3.63, 3.8) is 0 Å². The van der Waals surface area contributed by atoms with Crippen LogP contribution < -0.4 is 0 Å². The van der Waals surface area contributed by atoms with Gasteiger partial charge in [-0.3, -0.25) is 0 Å². The van der Waals surface area contributed by atoms with Crippen LogP contribution in [0, 0.1) is 0 Å². The average Bonchev–Trinajstić information content (AvgIpc) is 1.61. The van der Waals surface area contributed by atoms with Crippen LogP contribution in [-0.4, -0.2) is 34.8 Å². The molecule has 4 N–H and O–H groups in total. The van der Waals surface area contributed by atoms with E-state index < -0.39 is 9.05 Å². The van der Waals surface area contributed by atoms with Gasteiger partial charge in [0.2, 0.25) is 0 Å². The van der Waals surface area contributed by atoms with E-state index in [9.17, 15) is 5.11 Å². The second-order valence-electron chi connectivity index (χ2n) is 1.06. The zero-order valence-corrected chi connectivity index (χ0v) is 5.69. The maximum atomic E-state index is 9.18. The van der Waals surface area contributed by atoms with Crippen molar-refractivity contribution in [2.75, 3.05) is 6.61 Å². The molecule has 0 spiro atoms. The number of hydrogen-bond acceptors (Lipinski definition) is 4. The van der Waals surface area contributed by atoms with E-state index in [1.807, 2.05) is 0 Å². The van der Waals surface area contributed by atoms with Crippen LogP contribution in [0.4, 0.5) is 0 Å². The summed E-state index contributed by atoms with van der Waals surface area (Å²) in [5, 5.41) is 9.18. The minimum absolute atomic E-state index is 0.167. The Labute approximate surface area is 53.6 Å². The third-order valence-electron chi connectivity index (χ3n) is 0.118. The van der Waals surface area contributed by atoms with Crippen molar-refractivity contribution in [1.82, 2.24) is 0 Å². The van der Waals surface area contributed by atoms with Gasteiger partial charge in [-0.2, -0.15) is 0 Å². The van der Waals surface area contributed by atoms with Gasteiger partial charge in [0, 0.05) is 0 Å². The second-order valence-corrected chi connectivity index (χ2v) is 2.26. The molecule has 0 bridgehead atoms. The third kappa shape index (κ3) is 449. The first-order valence-electron chi connectivity index (χ1n) is 2.00. The molecule has 1 radical (unpaired) electrons. The highest BCUT2D eigenvalue weighted by Crippen LogP contribution is 1.67. The van der Waals surface area contributed by atoms with Crippen LogP contribution >= 0.6 is 0 Å². The standard InChI is InChI=1S/C3H5O.H4O4Si/c1-2-3-4;1-5(2,3)4/h2H,1,3H2;1-4H. The first-order valence-corrected chi connectivity index (χ1v) is 3.79. The quantitative estimate of drug-likeness (QED) is 0.258. The summed E-state index contributed by atoms with van der Waals surface area (Å²) in [4.78, 5) is 29.3. The minimum Gasteiger partial charge on any atom is -0.368 e. The van der Waals surface area contributed by atoms with Crippen molar-refractivity contribution < 1.29 is 24.3 Å². The zero-order valence-electron chi connectivity index (χ0n) is 4.69. The van der Waals surface area contributed by atoms with Gasteiger partial charge < -0.3 is 19.2 Å². The van der Waals surface area contributed by atoms with Gasteiger partial charge in [-0.1, -0.05) is 6.08 Å². The summed E-state index contributed by atoms with van der Waals surface area (Å²) in [5.41, 5.74) is 0. The van der Waals surface area contributed by atoms with Crippen molar-refractivity contribution in [3.8, 4) is 0 Å². The molecule has 0 aromatic carbocycles. The molecule has 5 nitrogen and oxygen atoms in total. The van der Waals surface area contributed by atoms with Crippen LogP contribution in [0.25, 0.3) is 0 Å². The molecule has 0 unspecified atom stereocenters. The van der Waals surface area contributed by atoms with Crippen molar-refractivity contribution >= 4 is 9.05 Å². The number of hydrogen-bond donors (Lipinski definition) is 4. The summed E-state index contributed by atoms with van der Waals surface area (Å²) < 4.78 is 0. The highest BCUT2D eigenvalue weighted by molar-refractivity contribution is 6.46. The Morgan fingerprint density at radius 2 is 1.44 bits per heavy atom. The van der Waals surface area contributed by atoms with E-state index in [0.717, 1.165) is 0 Å². The molecule has 0 rings (SSSR count). The highest BCUT2D eigenvalue weighted by Gasteiger charge is 2.22. The van der Waals surface area contributed by atoms with Crippen molar-refractivity contribution in [2.24, 2.45) is 0 Å². The molecular weight excluding hydrogens is 144 g/mol. The Bertz CT molecular complexity index is 61.1.